The predicted octanol–water partition coefficient (Wildman–Crippen LogP) is 4.51. The maximum atomic E-state index is 13.4. The van der Waals surface area contributed by atoms with Crippen molar-refractivity contribution >= 4 is 38.5 Å². The second-order valence-corrected chi connectivity index (χ2v) is 12.0. The van der Waals surface area contributed by atoms with E-state index < -0.39 is 21.8 Å². The highest BCUT2D eigenvalue weighted by Gasteiger charge is 2.36. The predicted molar refractivity (Wildman–Crippen MR) is 155 cm³/mol. The first-order valence-electron chi connectivity index (χ1n) is 13.9. The summed E-state index contributed by atoms with van der Waals surface area (Å²) >= 11 is 0. The molecular weight excluding hydrogens is 526 g/mol. The third kappa shape index (κ3) is 7.07. The molecule has 3 aromatic carbocycles. The standard InChI is InChI=1S/C31H37N3O5S/c1-3-34(4-2)31(37)28(20-22-14-17-26(18-15-22)32-29(35)24-11-6-5-7-12-24)30(36)33-40(38,39)27-19-16-23-10-8-9-13-25(23)21-27/h5-13,16,19,21-22,26,28H,3-4,14-15,17-18,20H2,1-2H3,(H,32,35)(H,33,36). The van der Waals surface area contributed by atoms with Gasteiger partial charge < -0.3 is 10.2 Å². The Labute approximate surface area is 236 Å². The maximum absolute atomic E-state index is 13.4. The molecule has 1 aliphatic carbocycles. The lowest BCUT2D eigenvalue weighted by molar-refractivity contribution is -0.142. The molecule has 9 heteroatoms. The van der Waals surface area contributed by atoms with Crippen LogP contribution in [0.15, 0.2) is 77.7 Å². The summed E-state index contributed by atoms with van der Waals surface area (Å²) in [6.45, 7) is 4.52. The van der Waals surface area contributed by atoms with E-state index in [4.69, 9.17) is 0 Å². The minimum atomic E-state index is -4.18. The first kappa shape index (κ1) is 29.3. The molecular formula is C31H37N3O5S. The van der Waals surface area contributed by atoms with Crippen LogP contribution in [0.1, 0.15) is 56.3 Å². The fraction of sp³-hybridized carbons (Fsp3) is 0.387. The van der Waals surface area contributed by atoms with Crippen LogP contribution in [0.2, 0.25) is 0 Å². The Bertz CT molecular complexity index is 1450. The van der Waals surface area contributed by atoms with Crippen LogP contribution in [-0.2, 0) is 19.6 Å². The van der Waals surface area contributed by atoms with Crippen LogP contribution < -0.4 is 10.0 Å². The Hall–Kier alpha value is -3.72. The lowest BCUT2D eigenvalue weighted by Crippen LogP contribution is -2.46. The van der Waals surface area contributed by atoms with Crippen molar-refractivity contribution in [3.63, 3.8) is 0 Å². The van der Waals surface area contributed by atoms with Gasteiger partial charge in [0.2, 0.25) is 11.8 Å². The normalized spacial score (nSPS) is 18.1. The van der Waals surface area contributed by atoms with Gasteiger partial charge in [0.15, 0.2) is 0 Å². The molecule has 0 aromatic heterocycles. The van der Waals surface area contributed by atoms with Gasteiger partial charge in [0.25, 0.3) is 15.9 Å². The van der Waals surface area contributed by atoms with Gasteiger partial charge in [0, 0.05) is 24.7 Å². The smallest absolute Gasteiger partial charge is 0.264 e. The topological polar surface area (TPSA) is 113 Å². The summed E-state index contributed by atoms with van der Waals surface area (Å²) in [5.74, 6) is -2.34. The number of rotatable bonds is 10. The lowest BCUT2D eigenvalue weighted by atomic mass is 9.80. The zero-order chi connectivity index (χ0) is 28.7. The van der Waals surface area contributed by atoms with Crippen LogP contribution in [0.5, 0.6) is 0 Å². The molecule has 0 bridgehead atoms. The Morgan fingerprint density at radius 3 is 2.12 bits per heavy atom. The van der Waals surface area contributed by atoms with E-state index in [0.717, 1.165) is 36.5 Å². The molecule has 212 valence electrons. The molecule has 2 N–H and O–H groups in total. The summed E-state index contributed by atoms with van der Waals surface area (Å²) < 4.78 is 28.6. The van der Waals surface area contributed by atoms with Crippen molar-refractivity contribution in [2.24, 2.45) is 11.8 Å². The van der Waals surface area contributed by atoms with E-state index in [-0.39, 0.29) is 35.1 Å². The van der Waals surface area contributed by atoms with E-state index in [2.05, 4.69) is 10.0 Å². The van der Waals surface area contributed by atoms with E-state index in [9.17, 15) is 22.8 Å². The number of sulfonamides is 1. The van der Waals surface area contributed by atoms with E-state index in [1.165, 1.54) is 12.1 Å². The van der Waals surface area contributed by atoms with Crippen LogP contribution in [-0.4, -0.2) is 50.2 Å². The fourth-order valence-corrected chi connectivity index (χ4v) is 6.46. The van der Waals surface area contributed by atoms with E-state index >= 15 is 0 Å². The van der Waals surface area contributed by atoms with Crippen molar-refractivity contribution in [2.45, 2.75) is 56.9 Å². The molecule has 0 saturated heterocycles. The average molecular weight is 564 g/mol. The van der Waals surface area contributed by atoms with E-state index in [1.54, 1.807) is 23.1 Å². The second-order valence-electron chi connectivity index (χ2n) is 10.3. The first-order chi connectivity index (χ1) is 19.2. The summed E-state index contributed by atoms with van der Waals surface area (Å²) in [6, 6.07) is 21.1. The van der Waals surface area contributed by atoms with Gasteiger partial charge in [-0.25, -0.2) is 13.1 Å². The Morgan fingerprint density at radius 2 is 1.48 bits per heavy atom. The number of amides is 3. The van der Waals surface area contributed by atoms with Gasteiger partial charge in [0.05, 0.1) is 4.90 Å². The van der Waals surface area contributed by atoms with E-state index in [0.29, 0.717) is 18.7 Å². The fourth-order valence-electron chi connectivity index (χ4n) is 5.41. The molecule has 3 amide bonds. The van der Waals surface area contributed by atoms with Gasteiger partial charge in [0.1, 0.15) is 5.92 Å². The molecule has 8 nitrogen and oxygen atoms in total. The van der Waals surface area contributed by atoms with Gasteiger partial charge in [-0.2, -0.15) is 0 Å². The number of benzene rings is 3. The molecule has 4 rings (SSSR count). The first-order valence-corrected chi connectivity index (χ1v) is 15.4. The summed E-state index contributed by atoms with van der Waals surface area (Å²) in [6.07, 6.45) is 3.17. The Balaban J connectivity index is 1.44. The molecule has 40 heavy (non-hydrogen) atoms. The molecule has 1 fully saturated rings. The van der Waals surface area contributed by atoms with Crippen LogP contribution >= 0.6 is 0 Å². The zero-order valence-corrected chi connectivity index (χ0v) is 23.8. The number of hydrogen-bond donors (Lipinski definition) is 2. The van der Waals surface area contributed by atoms with Crippen LogP contribution in [0.3, 0.4) is 0 Å². The molecule has 0 heterocycles. The number of carbonyl (C=O) groups is 3. The van der Waals surface area contributed by atoms with E-state index in [1.807, 2.05) is 56.3 Å². The van der Waals surface area contributed by atoms with Crippen molar-refractivity contribution in [3.8, 4) is 0 Å². The van der Waals surface area contributed by atoms with Crippen LogP contribution in [0.4, 0.5) is 0 Å². The van der Waals surface area contributed by atoms with Crippen molar-refractivity contribution in [3.05, 3.63) is 78.4 Å². The third-order valence-electron chi connectivity index (χ3n) is 7.74. The second kappa shape index (κ2) is 13.1. The number of nitrogens with one attached hydrogen (secondary N) is 2. The average Bonchev–Trinajstić information content (AvgIpc) is 2.97. The highest BCUT2D eigenvalue weighted by molar-refractivity contribution is 7.90. The van der Waals surface area contributed by atoms with Crippen molar-refractivity contribution < 1.29 is 22.8 Å². The molecule has 1 atom stereocenters. The molecule has 0 spiro atoms. The van der Waals surface area contributed by atoms with Gasteiger partial charge in [-0.15, -0.1) is 0 Å². The minimum Gasteiger partial charge on any atom is -0.349 e. The highest BCUT2D eigenvalue weighted by atomic mass is 32.2. The van der Waals surface area contributed by atoms with Gasteiger partial charge in [-0.1, -0.05) is 48.5 Å². The van der Waals surface area contributed by atoms with Crippen molar-refractivity contribution in [1.82, 2.24) is 14.9 Å². The summed E-state index contributed by atoms with van der Waals surface area (Å²) in [5.41, 5.74) is 0.610. The molecule has 0 aliphatic heterocycles. The zero-order valence-electron chi connectivity index (χ0n) is 23.0. The van der Waals surface area contributed by atoms with Crippen molar-refractivity contribution in [1.29, 1.82) is 0 Å². The quantitative estimate of drug-likeness (QED) is 0.353. The highest BCUT2D eigenvalue weighted by Crippen LogP contribution is 2.31. The molecule has 0 radical (unpaired) electrons. The maximum Gasteiger partial charge on any atom is 0.264 e. The number of nitrogens with zero attached hydrogens (tertiary/aromatic N) is 1. The Morgan fingerprint density at radius 1 is 0.850 bits per heavy atom. The van der Waals surface area contributed by atoms with Gasteiger partial charge in [-0.05, 0) is 86.9 Å². The molecule has 1 saturated carbocycles. The number of hydrogen-bond acceptors (Lipinski definition) is 5. The summed E-state index contributed by atoms with van der Waals surface area (Å²) in [7, 11) is -4.18. The summed E-state index contributed by atoms with van der Waals surface area (Å²) in [4.78, 5) is 40.9. The minimum absolute atomic E-state index is 0.0167. The summed E-state index contributed by atoms with van der Waals surface area (Å²) in [5, 5.41) is 4.71. The molecule has 1 aliphatic rings. The SMILES string of the molecule is CCN(CC)C(=O)C(CC1CCC(NC(=O)c2ccccc2)CC1)C(=O)NS(=O)(=O)c1ccc2ccccc2c1. The van der Waals surface area contributed by atoms with Gasteiger partial charge >= 0.3 is 0 Å². The monoisotopic (exact) mass is 563 g/mol. The number of fused-ring (bicyclic) bond motifs is 1. The lowest BCUT2D eigenvalue weighted by Gasteiger charge is -2.32. The van der Waals surface area contributed by atoms with Crippen LogP contribution in [0.25, 0.3) is 10.8 Å². The third-order valence-corrected chi connectivity index (χ3v) is 9.09. The van der Waals surface area contributed by atoms with Crippen LogP contribution in [0, 0.1) is 11.8 Å². The van der Waals surface area contributed by atoms with Crippen molar-refractivity contribution in [2.75, 3.05) is 13.1 Å². The largest absolute Gasteiger partial charge is 0.349 e. The van der Waals surface area contributed by atoms with Gasteiger partial charge in [-0.3, -0.25) is 14.4 Å². The Kier molecular flexibility index (Phi) is 9.58. The molecule has 1 unspecified atom stereocenters. The number of carbonyl (C=O) groups excluding carboxylic acids is 3. The molecule has 3 aromatic rings.